The zero-order valence-corrected chi connectivity index (χ0v) is 39.6. The number of aryl methyl sites for hydroxylation is 1. The highest BCUT2D eigenvalue weighted by Crippen LogP contribution is 2.39. The molecule has 0 spiro atoms. The van der Waals surface area contributed by atoms with Crippen LogP contribution in [-0.4, -0.2) is 144 Å². The molecule has 2 aromatic heterocycles. The van der Waals surface area contributed by atoms with Crippen molar-refractivity contribution in [2.45, 2.75) is 51.1 Å². The monoisotopic (exact) mass is 979 g/mol. The van der Waals surface area contributed by atoms with Crippen molar-refractivity contribution in [3.05, 3.63) is 82.8 Å². The third-order valence-electron chi connectivity index (χ3n) is 12.8. The van der Waals surface area contributed by atoms with Gasteiger partial charge in [-0.1, -0.05) is 24.6 Å². The first kappa shape index (κ1) is 46.9. The van der Waals surface area contributed by atoms with Crippen molar-refractivity contribution in [1.82, 2.24) is 40.0 Å². The van der Waals surface area contributed by atoms with E-state index in [9.17, 15) is 32.4 Å². The number of aromatic nitrogens is 4. The lowest BCUT2D eigenvalue weighted by atomic mass is 9.99. The molecule has 69 heavy (non-hydrogen) atoms. The standard InChI is InChI=1S/C46H50ClN13O8S/c1-4-26-22-33(53-46-51-24-29(47)42(55-46)52-32-9-8-31-40(49-15-14-48-31)41(32)56-69(3,66)67)36(68-2)23-35(26)58-16-12-27(13-17-58)57-18-20-59(21-19-57)38(62)25-50-30-7-5-6-28-39(30)45(65)60(44(28)64)34-10-11-37(61)54-43(34)63/h5-9,14-15,22-24,27,34,50,56H,4,10-13,16-21,25H2,1-3H3,(H,54,61,63)(H2,51,52,53,55). The number of nitrogens with one attached hydrogen (secondary N) is 5. The quantitative estimate of drug-likeness (QED) is 0.0981. The smallest absolute Gasteiger partial charge is 0.264 e. The van der Waals surface area contributed by atoms with Crippen LogP contribution in [0.1, 0.15) is 58.9 Å². The summed E-state index contributed by atoms with van der Waals surface area (Å²) in [6.07, 6.45) is 8.18. The Morgan fingerprint density at radius 2 is 1.67 bits per heavy atom. The van der Waals surface area contributed by atoms with Gasteiger partial charge in [0.1, 0.15) is 22.3 Å². The first-order valence-corrected chi connectivity index (χ1v) is 24.8. The largest absolute Gasteiger partial charge is 0.494 e. The highest BCUT2D eigenvalue weighted by molar-refractivity contribution is 7.92. The number of carbonyl (C=O) groups excluding carboxylic acids is 5. The van der Waals surface area contributed by atoms with Crippen molar-refractivity contribution >= 4 is 102 Å². The first-order chi connectivity index (χ1) is 33.2. The number of piperazine rings is 1. The molecule has 360 valence electrons. The van der Waals surface area contributed by atoms with E-state index in [-0.39, 0.29) is 58.9 Å². The second-order valence-corrected chi connectivity index (χ2v) is 19.3. The molecular formula is C46H50ClN13O8S. The molecule has 0 bridgehead atoms. The van der Waals surface area contributed by atoms with Gasteiger partial charge in [0.2, 0.25) is 33.7 Å². The van der Waals surface area contributed by atoms with Crippen molar-refractivity contribution < 1.29 is 37.1 Å². The predicted molar refractivity (Wildman–Crippen MR) is 259 cm³/mol. The third kappa shape index (κ3) is 9.77. The van der Waals surface area contributed by atoms with Gasteiger partial charge in [-0.2, -0.15) is 4.98 Å². The van der Waals surface area contributed by atoms with Crippen LogP contribution >= 0.6 is 11.6 Å². The van der Waals surface area contributed by atoms with E-state index in [2.05, 4.69) is 62.6 Å². The van der Waals surface area contributed by atoms with E-state index < -0.39 is 39.7 Å². The summed E-state index contributed by atoms with van der Waals surface area (Å²) < 4.78 is 33.1. The number of imide groups is 2. The number of halogens is 1. The van der Waals surface area contributed by atoms with Crippen LogP contribution in [0.25, 0.3) is 11.0 Å². The van der Waals surface area contributed by atoms with E-state index in [1.54, 1.807) is 31.4 Å². The van der Waals surface area contributed by atoms with Gasteiger partial charge in [-0.15, -0.1) is 0 Å². The van der Waals surface area contributed by atoms with Crippen LogP contribution in [0.2, 0.25) is 5.02 Å². The number of amides is 5. The van der Waals surface area contributed by atoms with Gasteiger partial charge >= 0.3 is 0 Å². The topological polar surface area (TPSA) is 253 Å². The fourth-order valence-corrected chi connectivity index (χ4v) is 10.1. The average molecular weight is 981 g/mol. The molecule has 0 aliphatic carbocycles. The molecule has 21 nitrogen and oxygen atoms in total. The van der Waals surface area contributed by atoms with E-state index in [1.165, 1.54) is 24.7 Å². The van der Waals surface area contributed by atoms with Crippen LogP contribution < -0.4 is 35.6 Å². The van der Waals surface area contributed by atoms with E-state index in [4.69, 9.17) is 16.3 Å². The van der Waals surface area contributed by atoms with Crippen molar-refractivity contribution in [3.8, 4) is 5.75 Å². The molecule has 3 saturated heterocycles. The van der Waals surface area contributed by atoms with Crippen molar-refractivity contribution in [3.63, 3.8) is 0 Å². The average Bonchev–Trinajstić information content (AvgIpc) is 3.60. The number of piperidine rings is 2. The Balaban J connectivity index is 0.797. The van der Waals surface area contributed by atoms with Crippen LogP contribution in [0, 0.1) is 0 Å². The van der Waals surface area contributed by atoms with Gasteiger partial charge in [0.05, 0.1) is 59.8 Å². The number of anilines is 7. The molecule has 1 unspecified atom stereocenters. The Bertz CT molecular complexity index is 3000. The van der Waals surface area contributed by atoms with Gasteiger partial charge < -0.3 is 30.5 Å². The number of hydrogen-bond donors (Lipinski definition) is 5. The number of ether oxygens (including phenoxy) is 1. The minimum atomic E-state index is -3.69. The molecule has 23 heteroatoms. The lowest BCUT2D eigenvalue weighted by molar-refractivity contribution is -0.136. The number of benzene rings is 3. The normalized spacial score (nSPS) is 18.0. The van der Waals surface area contributed by atoms with Gasteiger partial charge in [0.25, 0.3) is 11.8 Å². The molecule has 6 heterocycles. The Hall–Kier alpha value is -7.17. The van der Waals surface area contributed by atoms with E-state index >= 15 is 0 Å². The van der Waals surface area contributed by atoms with Gasteiger partial charge in [-0.3, -0.25) is 53.8 Å². The Labute approximate surface area is 402 Å². The Morgan fingerprint density at radius 1 is 0.899 bits per heavy atom. The number of nitrogens with zero attached hydrogens (tertiary/aromatic N) is 8. The molecule has 1 atom stereocenters. The second-order valence-electron chi connectivity index (χ2n) is 17.1. The Kier molecular flexibility index (Phi) is 13.2. The maximum Gasteiger partial charge on any atom is 0.264 e. The molecule has 0 radical (unpaired) electrons. The van der Waals surface area contributed by atoms with Crippen molar-refractivity contribution in [2.75, 3.05) is 84.8 Å². The van der Waals surface area contributed by atoms with Gasteiger partial charge in [0, 0.05) is 81.6 Å². The fraction of sp³-hybridized carbons (Fsp3) is 0.370. The maximum absolute atomic E-state index is 13.5. The fourth-order valence-electron chi connectivity index (χ4n) is 9.40. The molecule has 9 rings (SSSR count). The number of rotatable bonds is 14. The molecule has 5 amide bonds. The minimum Gasteiger partial charge on any atom is -0.494 e. The Morgan fingerprint density at radius 3 is 2.39 bits per heavy atom. The first-order valence-electron chi connectivity index (χ1n) is 22.5. The number of carbonyl (C=O) groups is 5. The van der Waals surface area contributed by atoms with Gasteiger partial charge in [0.15, 0.2) is 5.82 Å². The van der Waals surface area contributed by atoms with E-state index in [1.807, 2.05) is 17.0 Å². The van der Waals surface area contributed by atoms with Crippen LogP contribution in [-0.2, 0) is 30.8 Å². The number of methoxy groups -OCH3 is 1. The molecule has 3 fully saturated rings. The summed E-state index contributed by atoms with van der Waals surface area (Å²) in [5, 5.41) is 11.9. The van der Waals surface area contributed by atoms with Crippen LogP contribution in [0.5, 0.6) is 5.75 Å². The van der Waals surface area contributed by atoms with E-state index in [0.717, 1.165) is 67.8 Å². The second kappa shape index (κ2) is 19.4. The SMILES string of the molecule is CCc1cc(Nc2ncc(Cl)c(Nc3ccc4nccnc4c3NS(C)(=O)=O)n2)c(OC)cc1N1CCC(N2CCN(C(=O)CNc3cccc4c3C(=O)N(C3CCC(=O)NC3=O)C4=O)CC2)CC1. The summed E-state index contributed by atoms with van der Waals surface area (Å²) >= 11 is 6.56. The number of fused-ring (bicyclic) bond motifs is 2. The summed E-state index contributed by atoms with van der Waals surface area (Å²) in [5.74, 6) is -1.46. The molecule has 3 aromatic carbocycles. The third-order valence-corrected chi connectivity index (χ3v) is 13.7. The minimum absolute atomic E-state index is 0.0247. The van der Waals surface area contributed by atoms with Crippen LogP contribution in [0.15, 0.2) is 61.1 Å². The zero-order valence-electron chi connectivity index (χ0n) is 38.0. The highest BCUT2D eigenvalue weighted by atomic mass is 35.5. The molecule has 5 N–H and O–H groups in total. The van der Waals surface area contributed by atoms with Crippen LogP contribution in [0.3, 0.4) is 0 Å². The summed E-state index contributed by atoms with van der Waals surface area (Å²) in [6.45, 7) is 6.22. The predicted octanol–water partition coefficient (Wildman–Crippen LogP) is 4.13. The molecule has 0 saturated carbocycles. The summed E-state index contributed by atoms with van der Waals surface area (Å²) in [4.78, 5) is 89.7. The lowest BCUT2D eigenvalue weighted by Crippen LogP contribution is -2.55. The van der Waals surface area contributed by atoms with Gasteiger partial charge in [-0.25, -0.2) is 13.4 Å². The van der Waals surface area contributed by atoms with Crippen molar-refractivity contribution in [1.29, 1.82) is 0 Å². The summed E-state index contributed by atoms with van der Waals surface area (Å²) in [5.41, 5.74) is 4.81. The number of hydrogen-bond acceptors (Lipinski definition) is 17. The van der Waals surface area contributed by atoms with Gasteiger partial charge in [-0.05, 0) is 61.6 Å². The summed E-state index contributed by atoms with van der Waals surface area (Å²) in [7, 11) is -2.09. The summed E-state index contributed by atoms with van der Waals surface area (Å²) in [6, 6.07) is 11.5. The molecule has 4 aliphatic rings. The van der Waals surface area contributed by atoms with Crippen LogP contribution in [0.4, 0.5) is 40.2 Å². The van der Waals surface area contributed by atoms with Crippen molar-refractivity contribution in [2.24, 2.45) is 0 Å². The molecule has 5 aromatic rings. The zero-order chi connectivity index (χ0) is 48.6. The highest BCUT2D eigenvalue weighted by Gasteiger charge is 2.45. The lowest BCUT2D eigenvalue weighted by Gasteiger charge is -2.43. The van der Waals surface area contributed by atoms with E-state index in [0.29, 0.717) is 53.0 Å². The molecule has 4 aliphatic heterocycles. The number of sulfonamides is 1. The molecular weight excluding hydrogens is 930 g/mol. The maximum atomic E-state index is 13.5.